The summed E-state index contributed by atoms with van der Waals surface area (Å²) in [6, 6.07) is 0. The summed E-state index contributed by atoms with van der Waals surface area (Å²) < 4.78 is 5.46. The van der Waals surface area contributed by atoms with E-state index in [-0.39, 0.29) is 0 Å². The smallest absolute Gasteiger partial charge is 0.0559 e. The van der Waals surface area contributed by atoms with Crippen LogP contribution in [0.5, 0.6) is 0 Å². The summed E-state index contributed by atoms with van der Waals surface area (Å²) in [5.74, 6) is 0.625. The highest BCUT2D eigenvalue weighted by Gasteiger charge is 2.00. The molecule has 0 aromatic heterocycles. The zero-order valence-corrected chi connectivity index (χ0v) is 7.26. The van der Waals surface area contributed by atoms with Gasteiger partial charge in [0.2, 0.25) is 0 Å². The van der Waals surface area contributed by atoms with Gasteiger partial charge < -0.3 is 10.5 Å². The fourth-order valence-electron chi connectivity index (χ4n) is 0.675. The van der Waals surface area contributed by atoms with E-state index in [1.165, 1.54) is 0 Å². The topological polar surface area (TPSA) is 35.2 Å². The van der Waals surface area contributed by atoms with Crippen LogP contribution in [0.2, 0.25) is 0 Å². The first-order chi connectivity index (χ1) is 4.66. The van der Waals surface area contributed by atoms with Gasteiger partial charge in [0.05, 0.1) is 6.10 Å². The normalized spacial score (nSPS) is 14.1. The van der Waals surface area contributed by atoms with E-state index < -0.39 is 0 Å². The maximum atomic E-state index is 5.46. The Bertz CT molecular complexity index is 73.7. The molecule has 0 amide bonds. The van der Waals surface area contributed by atoms with Crippen LogP contribution in [0.4, 0.5) is 0 Å². The van der Waals surface area contributed by atoms with Crippen molar-refractivity contribution in [1.29, 1.82) is 0 Å². The molecule has 0 aromatic rings. The Kier molecular flexibility index (Phi) is 5.64. The van der Waals surface area contributed by atoms with Crippen molar-refractivity contribution in [2.75, 3.05) is 13.2 Å². The summed E-state index contributed by atoms with van der Waals surface area (Å²) in [4.78, 5) is 0. The molecule has 0 saturated heterocycles. The lowest BCUT2D eigenvalue weighted by atomic mass is 10.2. The van der Waals surface area contributed by atoms with Gasteiger partial charge in [0.1, 0.15) is 0 Å². The second-order valence-corrected chi connectivity index (χ2v) is 3.12. The highest BCUT2D eigenvalue weighted by atomic mass is 16.5. The number of ether oxygens (including phenoxy) is 1. The van der Waals surface area contributed by atoms with Crippen molar-refractivity contribution in [2.45, 2.75) is 33.3 Å². The number of hydrogen-bond acceptors (Lipinski definition) is 2. The monoisotopic (exact) mass is 145 g/mol. The molecule has 0 fully saturated rings. The van der Waals surface area contributed by atoms with Gasteiger partial charge in [0, 0.05) is 6.61 Å². The molecular weight excluding hydrogens is 126 g/mol. The van der Waals surface area contributed by atoms with E-state index in [4.69, 9.17) is 10.5 Å². The molecular formula is C8H19NO. The fourth-order valence-corrected chi connectivity index (χ4v) is 0.675. The van der Waals surface area contributed by atoms with Crippen LogP contribution in [0, 0.1) is 5.92 Å². The van der Waals surface area contributed by atoms with E-state index in [0.29, 0.717) is 12.0 Å². The summed E-state index contributed by atoms with van der Waals surface area (Å²) in [5, 5.41) is 0. The van der Waals surface area contributed by atoms with Crippen LogP contribution in [-0.4, -0.2) is 19.3 Å². The van der Waals surface area contributed by atoms with Crippen LogP contribution >= 0.6 is 0 Å². The van der Waals surface area contributed by atoms with Crippen molar-refractivity contribution < 1.29 is 4.74 Å². The minimum atomic E-state index is 0.326. The van der Waals surface area contributed by atoms with Crippen LogP contribution in [0.15, 0.2) is 0 Å². The molecule has 0 rings (SSSR count). The van der Waals surface area contributed by atoms with Gasteiger partial charge in [-0.1, -0.05) is 13.8 Å². The summed E-state index contributed by atoms with van der Waals surface area (Å²) >= 11 is 0. The molecule has 2 nitrogen and oxygen atoms in total. The summed E-state index contributed by atoms with van der Waals surface area (Å²) in [6.45, 7) is 7.93. The van der Waals surface area contributed by atoms with Gasteiger partial charge in [-0.3, -0.25) is 0 Å². The minimum absolute atomic E-state index is 0.326. The van der Waals surface area contributed by atoms with Gasteiger partial charge in [0.15, 0.2) is 0 Å². The average molecular weight is 145 g/mol. The maximum absolute atomic E-state index is 5.46. The van der Waals surface area contributed by atoms with Crippen LogP contribution in [-0.2, 0) is 4.74 Å². The van der Waals surface area contributed by atoms with Crippen LogP contribution in [0.25, 0.3) is 0 Å². The Morgan fingerprint density at radius 3 is 2.30 bits per heavy atom. The van der Waals surface area contributed by atoms with Crippen molar-refractivity contribution in [3.63, 3.8) is 0 Å². The molecule has 0 unspecified atom stereocenters. The first kappa shape index (κ1) is 9.92. The first-order valence-corrected chi connectivity index (χ1v) is 3.98. The largest absolute Gasteiger partial charge is 0.378 e. The van der Waals surface area contributed by atoms with Gasteiger partial charge in [0.25, 0.3) is 0 Å². The highest BCUT2D eigenvalue weighted by molar-refractivity contribution is 4.51. The van der Waals surface area contributed by atoms with Gasteiger partial charge >= 0.3 is 0 Å². The lowest BCUT2D eigenvalue weighted by Gasteiger charge is -2.13. The molecule has 0 aliphatic rings. The molecule has 0 spiro atoms. The lowest BCUT2D eigenvalue weighted by Crippen LogP contribution is -2.16. The second kappa shape index (κ2) is 5.69. The van der Waals surface area contributed by atoms with Gasteiger partial charge in [-0.15, -0.1) is 0 Å². The lowest BCUT2D eigenvalue weighted by molar-refractivity contribution is 0.0440. The minimum Gasteiger partial charge on any atom is -0.378 e. The number of nitrogens with two attached hydrogens (primary N) is 1. The molecule has 2 N–H and O–H groups in total. The molecule has 10 heavy (non-hydrogen) atoms. The Labute approximate surface area is 63.7 Å². The zero-order valence-electron chi connectivity index (χ0n) is 7.26. The Hall–Kier alpha value is -0.0800. The fraction of sp³-hybridized carbons (Fsp3) is 1.00. The second-order valence-electron chi connectivity index (χ2n) is 3.12. The third-order valence-electron chi connectivity index (χ3n) is 1.29. The summed E-state index contributed by atoms with van der Waals surface area (Å²) in [7, 11) is 0. The number of rotatable bonds is 5. The van der Waals surface area contributed by atoms with Crippen LogP contribution in [0.1, 0.15) is 27.2 Å². The quantitative estimate of drug-likeness (QED) is 0.634. The van der Waals surface area contributed by atoms with Crippen molar-refractivity contribution >= 4 is 0 Å². The Morgan fingerprint density at radius 1 is 1.30 bits per heavy atom. The predicted molar refractivity (Wildman–Crippen MR) is 43.9 cm³/mol. The van der Waals surface area contributed by atoms with Crippen molar-refractivity contribution in [3.8, 4) is 0 Å². The standard InChI is InChI=1S/C8H19NO/c1-7(2)6-10-8(3)4-5-9/h7-8H,4-6,9H2,1-3H3/t8-/m1/s1. The molecule has 1 atom stereocenters. The summed E-state index contributed by atoms with van der Waals surface area (Å²) in [6.07, 6.45) is 1.29. The molecule has 0 bridgehead atoms. The predicted octanol–water partition coefficient (Wildman–Crippen LogP) is 1.40. The van der Waals surface area contributed by atoms with Crippen molar-refractivity contribution in [1.82, 2.24) is 0 Å². The Morgan fingerprint density at radius 2 is 1.90 bits per heavy atom. The molecule has 0 aromatic carbocycles. The molecule has 0 radical (unpaired) electrons. The van der Waals surface area contributed by atoms with Crippen LogP contribution < -0.4 is 5.73 Å². The van der Waals surface area contributed by atoms with Gasteiger partial charge in [-0.2, -0.15) is 0 Å². The van der Waals surface area contributed by atoms with E-state index in [1.54, 1.807) is 0 Å². The molecule has 0 saturated carbocycles. The summed E-state index contributed by atoms with van der Waals surface area (Å²) in [5.41, 5.74) is 5.36. The molecule has 0 aliphatic heterocycles. The third kappa shape index (κ3) is 6.05. The van der Waals surface area contributed by atoms with E-state index in [9.17, 15) is 0 Å². The maximum Gasteiger partial charge on any atom is 0.0559 e. The van der Waals surface area contributed by atoms with E-state index in [0.717, 1.165) is 19.6 Å². The van der Waals surface area contributed by atoms with Gasteiger partial charge in [-0.25, -0.2) is 0 Å². The SMILES string of the molecule is CC(C)CO[C@H](C)CCN. The van der Waals surface area contributed by atoms with Crippen molar-refractivity contribution in [3.05, 3.63) is 0 Å². The average Bonchev–Trinajstić information content (AvgIpc) is 1.85. The molecule has 62 valence electrons. The molecule has 0 aliphatic carbocycles. The first-order valence-electron chi connectivity index (χ1n) is 3.98. The van der Waals surface area contributed by atoms with E-state index in [1.807, 2.05) is 0 Å². The van der Waals surface area contributed by atoms with E-state index >= 15 is 0 Å². The zero-order chi connectivity index (χ0) is 7.98. The van der Waals surface area contributed by atoms with Gasteiger partial charge in [-0.05, 0) is 25.8 Å². The highest BCUT2D eigenvalue weighted by Crippen LogP contribution is 1.99. The van der Waals surface area contributed by atoms with Crippen molar-refractivity contribution in [2.24, 2.45) is 11.7 Å². The van der Waals surface area contributed by atoms with Crippen LogP contribution in [0.3, 0.4) is 0 Å². The molecule has 2 heteroatoms. The van der Waals surface area contributed by atoms with E-state index in [2.05, 4.69) is 20.8 Å². The third-order valence-corrected chi connectivity index (χ3v) is 1.29. The molecule has 0 heterocycles. The number of hydrogen-bond donors (Lipinski definition) is 1. The Balaban J connectivity index is 3.12.